The van der Waals surface area contributed by atoms with Crippen LogP contribution in [0.3, 0.4) is 0 Å². The van der Waals surface area contributed by atoms with E-state index in [9.17, 15) is 14.3 Å². The fraction of sp³-hybridized carbons (Fsp3) is 0.474. The van der Waals surface area contributed by atoms with E-state index in [0.29, 0.717) is 41.0 Å². The number of nitrogens with one attached hydrogen (secondary N) is 1. The van der Waals surface area contributed by atoms with Gasteiger partial charge in [0.15, 0.2) is 0 Å². The van der Waals surface area contributed by atoms with Crippen LogP contribution < -0.4 is 5.32 Å². The van der Waals surface area contributed by atoms with E-state index in [-0.39, 0.29) is 12.2 Å². The summed E-state index contributed by atoms with van der Waals surface area (Å²) >= 11 is 0. The van der Waals surface area contributed by atoms with Crippen LogP contribution in [0.5, 0.6) is 0 Å². The molecule has 2 N–H and O–H groups in total. The van der Waals surface area contributed by atoms with Crippen molar-refractivity contribution in [1.82, 2.24) is 4.98 Å². The maximum atomic E-state index is 13.7. The number of aliphatic carboxylic acids is 1. The highest BCUT2D eigenvalue weighted by atomic mass is 19.1. The molecule has 25 heavy (non-hydrogen) atoms. The third kappa shape index (κ3) is 5.39. The second-order valence-corrected chi connectivity index (χ2v) is 6.03. The number of carbonyl (C=O) groups is 1. The lowest BCUT2D eigenvalue weighted by Gasteiger charge is -2.16. The van der Waals surface area contributed by atoms with Gasteiger partial charge in [-0.2, -0.15) is 0 Å². The quantitative estimate of drug-likeness (QED) is 0.637. The molecule has 0 saturated carbocycles. The SMILES string of the molecule is CCCCOCCCNc1c(CC(=O)O)c(C)nc2ccc(F)cc12. The van der Waals surface area contributed by atoms with Crippen LogP contribution in [0.2, 0.25) is 0 Å². The smallest absolute Gasteiger partial charge is 0.307 e. The average molecular weight is 348 g/mol. The van der Waals surface area contributed by atoms with Crippen molar-refractivity contribution in [2.24, 2.45) is 0 Å². The Kier molecular flexibility index (Phi) is 7.13. The predicted octanol–water partition coefficient (Wildman–Crippen LogP) is 3.93. The largest absolute Gasteiger partial charge is 0.481 e. The Bertz CT molecular complexity index is 734. The second kappa shape index (κ2) is 9.32. The van der Waals surface area contributed by atoms with Crippen LogP contribution in [-0.2, 0) is 16.0 Å². The molecule has 0 aliphatic heterocycles. The minimum Gasteiger partial charge on any atom is -0.481 e. The molecule has 0 aliphatic carbocycles. The van der Waals surface area contributed by atoms with Crippen LogP contribution in [0.25, 0.3) is 10.9 Å². The summed E-state index contributed by atoms with van der Waals surface area (Å²) in [5.74, 6) is -1.31. The maximum Gasteiger partial charge on any atom is 0.307 e. The lowest BCUT2D eigenvalue weighted by Crippen LogP contribution is -2.12. The highest BCUT2D eigenvalue weighted by molar-refractivity contribution is 5.94. The second-order valence-electron chi connectivity index (χ2n) is 6.03. The Morgan fingerprint density at radius 3 is 2.80 bits per heavy atom. The number of fused-ring (bicyclic) bond motifs is 1. The molecule has 0 spiro atoms. The summed E-state index contributed by atoms with van der Waals surface area (Å²) in [5, 5.41) is 13.1. The van der Waals surface area contributed by atoms with Crippen LogP contribution in [0.1, 0.15) is 37.4 Å². The Labute approximate surface area is 147 Å². The minimum absolute atomic E-state index is 0.152. The number of hydrogen-bond donors (Lipinski definition) is 2. The first-order chi connectivity index (χ1) is 12.0. The molecule has 0 atom stereocenters. The van der Waals surface area contributed by atoms with Crippen molar-refractivity contribution in [2.45, 2.75) is 39.5 Å². The van der Waals surface area contributed by atoms with Crippen molar-refractivity contribution in [3.05, 3.63) is 35.3 Å². The van der Waals surface area contributed by atoms with Gasteiger partial charge in [0.05, 0.1) is 11.9 Å². The molecule has 1 heterocycles. The van der Waals surface area contributed by atoms with Crippen molar-refractivity contribution in [2.75, 3.05) is 25.1 Å². The third-order valence-corrected chi connectivity index (χ3v) is 3.99. The zero-order chi connectivity index (χ0) is 18.2. The number of aryl methyl sites for hydroxylation is 1. The van der Waals surface area contributed by atoms with Crippen molar-refractivity contribution in [1.29, 1.82) is 0 Å². The molecule has 1 aromatic carbocycles. The molecule has 6 heteroatoms. The summed E-state index contributed by atoms with van der Waals surface area (Å²) < 4.78 is 19.2. The summed E-state index contributed by atoms with van der Waals surface area (Å²) in [6, 6.07) is 4.37. The molecule has 136 valence electrons. The van der Waals surface area contributed by atoms with Gasteiger partial charge in [0.1, 0.15) is 5.82 Å². The molecule has 0 saturated heterocycles. The van der Waals surface area contributed by atoms with E-state index in [1.165, 1.54) is 12.1 Å². The molecule has 0 aliphatic rings. The summed E-state index contributed by atoms with van der Waals surface area (Å²) in [6.07, 6.45) is 2.78. The van der Waals surface area contributed by atoms with Gasteiger partial charge in [0, 0.05) is 42.1 Å². The minimum atomic E-state index is -0.938. The standard InChI is InChI=1S/C19H25FN2O3/c1-3-4-9-25-10-5-8-21-19-15(12-18(23)24)13(2)22-17-7-6-14(20)11-16(17)19/h6-7,11H,3-5,8-10,12H2,1-2H3,(H,21,22)(H,23,24). The van der Waals surface area contributed by atoms with E-state index < -0.39 is 5.97 Å². The zero-order valence-electron chi connectivity index (χ0n) is 14.8. The number of anilines is 1. The van der Waals surface area contributed by atoms with Crippen LogP contribution >= 0.6 is 0 Å². The Hall–Kier alpha value is -2.21. The number of carboxylic acids is 1. The highest BCUT2D eigenvalue weighted by Gasteiger charge is 2.15. The number of aromatic nitrogens is 1. The van der Waals surface area contributed by atoms with Gasteiger partial charge in [-0.1, -0.05) is 13.3 Å². The van der Waals surface area contributed by atoms with Gasteiger partial charge in [-0.3, -0.25) is 9.78 Å². The number of nitrogens with zero attached hydrogens (tertiary/aromatic N) is 1. The zero-order valence-corrected chi connectivity index (χ0v) is 14.8. The van der Waals surface area contributed by atoms with Gasteiger partial charge in [-0.25, -0.2) is 4.39 Å². The van der Waals surface area contributed by atoms with E-state index in [1.807, 2.05) is 0 Å². The maximum absolute atomic E-state index is 13.7. The fourth-order valence-corrected chi connectivity index (χ4v) is 2.70. The van der Waals surface area contributed by atoms with Gasteiger partial charge in [-0.15, -0.1) is 0 Å². The van der Waals surface area contributed by atoms with Gasteiger partial charge >= 0.3 is 5.97 Å². The molecule has 2 aromatic rings. The molecule has 2 rings (SSSR count). The normalized spacial score (nSPS) is 11.0. The first-order valence-electron chi connectivity index (χ1n) is 8.65. The molecule has 1 aromatic heterocycles. The molecule has 0 unspecified atom stereocenters. The number of pyridine rings is 1. The number of hydrogen-bond acceptors (Lipinski definition) is 4. The number of benzene rings is 1. The Balaban J connectivity index is 2.18. The number of ether oxygens (including phenoxy) is 1. The van der Waals surface area contributed by atoms with E-state index in [1.54, 1.807) is 13.0 Å². The van der Waals surface area contributed by atoms with Crippen LogP contribution in [0, 0.1) is 12.7 Å². The molecular weight excluding hydrogens is 323 g/mol. The molecule has 5 nitrogen and oxygen atoms in total. The summed E-state index contributed by atoms with van der Waals surface area (Å²) in [5.41, 5.74) is 2.54. The van der Waals surface area contributed by atoms with Crippen molar-refractivity contribution >= 4 is 22.6 Å². The molecule has 0 amide bonds. The van der Waals surface area contributed by atoms with Gasteiger partial charge in [0.2, 0.25) is 0 Å². The van der Waals surface area contributed by atoms with Crippen molar-refractivity contribution in [3.63, 3.8) is 0 Å². The van der Waals surface area contributed by atoms with Crippen LogP contribution in [0.15, 0.2) is 18.2 Å². The predicted molar refractivity (Wildman–Crippen MR) is 96.6 cm³/mol. The lowest BCUT2D eigenvalue weighted by atomic mass is 10.0. The average Bonchev–Trinajstić information content (AvgIpc) is 2.56. The van der Waals surface area contributed by atoms with E-state index >= 15 is 0 Å². The van der Waals surface area contributed by atoms with E-state index in [4.69, 9.17) is 4.74 Å². The van der Waals surface area contributed by atoms with Gasteiger partial charge in [0.25, 0.3) is 0 Å². The Morgan fingerprint density at radius 1 is 1.32 bits per heavy atom. The summed E-state index contributed by atoms with van der Waals surface area (Å²) in [4.78, 5) is 15.6. The number of unbranched alkanes of at least 4 members (excludes halogenated alkanes) is 1. The van der Waals surface area contributed by atoms with Crippen LogP contribution in [0.4, 0.5) is 10.1 Å². The van der Waals surface area contributed by atoms with Crippen molar-refractivity contribution < 1.29 is 19.0 Å². The van der Waals surface area contributed by atoms with E-state index in [0.717, 1.165) is 25.9 Å². The van der Waals surface area contributed by atoms with E-state index in [2.05, 4.69) is 17.2 Å². The number of carboxylic acid groups (broad SMARTS) is 1. The highest BCUT2D eigenvalue weighted by Crippen LogP contribution is 2.29. The first-order valence-corrected chi connectivity index (χ1v) is 8.65. The Morgan fingerprint density at radius 2 is 2.08 bits per heavy atom. The summed E-state index contributed by atoms with van der Waals surface area (Å²) in [7, 11) is 0. The monoisotopic (exact) mass is 348 g/mol. The first kappa shape index (κ1) is 19.1. The third-order valence-electron chi connectivity index (χ3n) is 3.99. The summed E-state index contributed by atoms with van der Waals surface area (Å²) in [6.45, 7) is 5.90. The lowest BCUT2D eigenvalue weighted by molar-refractivity contribution is -0.136. The van der Waals surface area contributed by atoms with Gasteiger partial charge in [-0.05, 0) is 38.0 Å². The number of halogens is 1. The molecule has 0 bridgehead atoms. The van der Waals surface area contributed by atoms with Gasteiger partial charge < -0.3 is 15.2 Å². The number of rotatable bonds is 10. The molecular formula is C19H25FN2O3. The molecule has 0 radical (unpaired) electrons. The van der Waals surface area contributed by atoms with Crippen LogP contribution in [-0.4, -0.2) is 35.8 Å². The topological polar surface area (TPSA) is 71.5 Å². The van der Waals surface area contributed by atoms with Crippen molar-refractivity contribution in [3.8, 4) is 0 Å². The molecule has 0 fully saturated rings. The fourth-order valence-electron chi connectivity index (χ4n) is 2.70.